The summed E-state index contributed by atoms with van der Waals surface area (Å²) in [4.78, 5) is 1.99. The van der Waals surface area contributed by atoms with Crippen LogP contribution in [0.5, 0.6) is 0 Å². The fourth-order valence-corrected chi connectivity index (χ4v) is 2.38. The predicted octanol–water partition coefficient (Wildman–Crippen LogP) is 3.40. The quantitative estimate of drug-likeness (QED) is 0.890. The van der Waals surface area contributed by atoms with Gasteiger partial charge in [0.15, 0.2) is 0 Å². The summed E-state index contributed by atoms with van der Waals surface area (Å²) in [6, 6.07) is 11.8. The monoisotopic (exact) mass is 260 g/mol. The molecule has 2 aromatic carbocycles. The normalized spacial score (nSPS) is 13.9. The number of hydrogen-bond acceptors (Lipinski definition) is 2. The molecule has 2 nitrogen and oxygen atoms in total. The van der Waals surface area contributed by atoms with Gasteiger partial charge in [-0.05, 0) is 24.3 Å². The van der Waals surface area contributed by atoms with Gasteiger partial charge in [-0.25, -0.2) is 8.78 Å². The summed E-state index contributed by atoms with van der Waals surface area (Å²) in [6.07, 6.45) is 0. The van der Waals surface area contributed by atoms with E-state index in [1.165, 1.54) is 18.2 Å². The topological polar surface area (TPSA) is 15.3 Å². The van der Waals surface area contributed by atoms with Gasteiger partial charge >= 0.3 is 0 Å². The van der Waals surface area contributed by atoms with Crippen LogP contribution in [-0.4, -0.2) is 13.1 Å². The molecule has 0 aromatic heterocycles. The zero-order valence-corrected chi connectivity index (χ0v) is 10.4. The van der Waals surface area contributed by atoms with Crippen LogP contribution in [0.4, 0.5) is 20.2 Å². The van der Waals surface area contributed by atoms with Crippen molar-refractivity contribution in [2.24, 2.45) is 0 Å². The molecule has 0 fully saturated rings. The van der Waals surface area contributed by atoms with Crippen LogP contribution < -0.4 is 10.2 Å². The van der Waals surface area contributed by atoms with Gasteiger partial charge in [0.05, 0.1) is 11.4 Å². The van der Waals surface area contributed by atoms with Crippen molar-refractivity contribution in [3.63, 3.8) is 0 Å². The Balaban J connectivity index is 1.93. The number of nitrogens with zero attached hydrogens (tertiary/aromatic N) is 1. The molecule has 98 valence electrons. The number of para-hydroxylation sites is 2. The van der Waals surface area contributed by atoms with Crippen LogP contribution in [0.25, 0.3) is 0 Å². The van der Waals surface area contributed by atoms with Crippen molar-refractivity contribution in [1.82, 2.24) is 0 Å². The minimum absolute atomic E-state index is 0.124. The van der Waals surface area contributed by atoms with Crippen LogP contribution in [0.2, 0.25) is 0 Å². The number of fused-ring (bicyclic) bond motifs is 1. The first-order chi connectivity index (χ1) is 9.25. The molecule has 0 amide bonds. The van der Waals surface area contributed by atoms with Gasteiger partial charge in [0.2, 0.25) is 0 Å². The molecular weight excluding hydrogens is 246 g/mol. The Morgan fingerprint density at radius 1 is 1.00 bits per heavy atom. The first kappa shape index (κ1) is 12.0. The van der Waals surface area contributed by atoms with Gasteiger partial charge in [-0.2, -0.15) is 0 Å². The number of nitrogens with one attached hydrogen (secondary N) is 1. The lowest BCUT2D eigenvalue weighted by Crippen LogP contribution is -2.34. The Labute approximate surface area is 110 Å². The van der Waals surface area contributed by atoms with E-state index in [0.29, 0.717) is 0 Å². The maximum Gasteiger partial charge on any atom is 0.131 e. The predicted molar refractivity (Wildman–Crippen MR) is 72.3 cm³/mol. The highest BCUT2D eigenvalue weighted by Crippen LogP contribution is 2.30. The van der Waals surface area contributed by atoms with E-state index in [9.17, 15) is 8.78 Å². The summed E-state index contributed by atoms with van der Waals surface area (Å²) in [5, 5.41) is 3.28. The smallest absolute Gasteiger partial charge is 0.131 e. The number of hydrogen-bond donors (Lipinski definition) is 1. The van der Waals surface area contributed by atoms with Gasteiger partial charge < -0.3 is 10.2 Å². The lowest BCUT2D eigenvalue weighted by atomic mass is 10.1. The highest BCUT2D eigenvalue weighted by atomic mass is 19.1. The molecule has 0 atom stereocenters. The second-order valence-corrected chi connectivity index (χ2v) is 4.57. The molecule has 1 aliphatic heterocycles. The Morgan fingerprint density at radius 3 is 2.53 bits per heavy atom. The molecule has 1 N–H and O–H groups in total. The lowest BCUT2D eigenvalue weighted by Gasteiger charge is -2.32. The summed E-state index contributed by atoms with van der Waals surface area (Å²) in [7, 11) is 0. The van der Waals surface area contributed by atoms with Crippen LogP contribution in [0.3, 0.4) is 0 Å². The molecule has 19 heavy (non-hydrogen) atoms. The maximum atomic E-state index is 13.7. The number of anilines is 2. The van der Waals surface area contributed by atoms with E-state index >= 15 is 0 Å². The molecule has 0 aliphatic carbocycles. The van der Waals surface area contributed by atoms with E-state index in [1.807, 2.05) is 29.2 Å². The third kappa shape index (κ3) is 2.26. The highest BCUT2D eigenvalue weighted by Gasteiger charge is 2.19. The Bertz CT molecular complexity index is 578. The molecule has 0 spiro atoms. The summed E-state index contributed by atoms with van der Waals surface area (Å²) < 4.78 is 27.4. The van der Waals surface area contributed by atoms with Crippen molar-refractivity contribution in [1.29, 1.82) is 0 Å². The molecule has 0 saturated heterocycles. The maximum absolute atomic E-state index is 13.7. The van der Waals surface area contributed by atoms with Crippen molar-refractivity contribution in [2.75, 3.05) is 23.3 Å². The van der Waals surface area contributed by atoms with Gasteiger partial charge in [-0.3, -0.25) is 0 Å². The molecule has 0 unspecified atom stereocenters. The fourth-order valence-electron chi connectivity index (χ4n) is 2.38. The summed E-state index contributed by atoms with van der Waals surface area (Å²) >= 11 is 0. The standard InChI is InChI=1S/C15H14F2N2/c16-12-4-3-5-13(17)11(12)10-19-9-8-18-14-6-1-2-7-15(14)19/h1-7,18H,8-10H2. The van der Waals surface area contributed by atoms with Gasteiger partial charge in [0, 0.05) is 25.2 Å². The van der Waals surface area contributed by atoms with Gasteiger partial charge in [-0.15, -0.1) is 0 Å². The van der Waals surface area contributed by atoms with Crippen LogP contribution in [0.1, 0.15) is 5.56 Å². The molecule has 1 heterocycles. The van der Waals surface area contributed by atoms with Crippen LogP contribution in [0.15, 0.2) is 42.5 Å². The van der Waals surface area contributed by atoms with Crippen molar-refractivity contribution >= 4 is 11.4 Å². The molecular formula is C15H14F2N2. The van der Waals surface area contributed by atoms with Crippen LogP contribution in [0, 0.1) is 11.6 Å². The van der Waals surface area contributed by atoms with E-state index < -0.39 is 11.6 Å². The van der Waals surface area contributed by atoms with Crippen molar-refractivity contribution in [3.8, 4) is 0 Å². The average Bonchev–Trinajstić information content (AvgIpc) is 2.43. The number of rotatable bonds is 2. The molecule has 0 bridgehead atoms. The van der Waals surface area contributed by atoms with Crippen LogP contribution >= 0.6 is 0 Å². The summed E-state index contributed by atoms with van der Waals surface area (Å²) in [5.41, 5.74) is 2.11. The summed E-state index contributed by atoms with van der Waals surface area (Å²) in [6.45, 7) is 1.75. The first-order valence-electron chi connectivity index (χ1n) is 6.26. The SMILES string of the molecule is Fc1cccc(F)c1CN1CCNc2ccccc21. The van der Waals surface area contributed by atoms with Gasteiger partial charge in [0.1, 0.15) is 11.6 Å². The Morgan fingerprint density at radius 2 is 1.74 bits per heavy atom. The van der Waals surface area contributed by atoms with E-state index in [2.05, 4.69) is 5.32 Å². The van der Waals surface area contributed by atoms with E-state index in [4.69, 9.17) is 0 Å². The minimum atomic E-state index is -0.490. The van der Waals surface area contributed by atoms with E-state index in [0.717, 1.165) is 24.5 Å². The molecule has 1 aliphatic rings. The second kappa shape index (κ2) is 4.88. The molecule has 4 heteroatoms. The van der Waals surface area contributed by atoms with Crippen LogP contribution in [-0.2, 0) is 6.54 Å². The summed E-state index contributed by atoms with van der Waals surface area (Å²) in [5.74, 6) is -0.980. The first-order valence-corrected chi connectivity index (χ1v) is 6.26. The molecule has 3 rings (SSSR count). The zero-order valence-electron chi connectivity index (χ0n) is 10.4. The number of halogens is 2. The second-order valence-electron chi connectivity index (χ2n) is 4.57. The van der Waals surface area contributed by atoms with Crippen molar-refractivity contribution in [3.05, 3.63) is 59.7 Å². The largest absolute Gasteiger partial charge is 0.382 e. The highest BCUT2D eigenvalue weighted by molar-refractivity contribution is 5.71. The number of benzene rings is 2. The van der Waals surface area contributed by atoms with Gasteiger partial charge in [0.25, 0.3) is 0 Å². The minimum Gasteiger partial charge on any atom is -0.382 e. The third-order valence-electron chi connectivity index (χ3n) is 3.35. The van der Waals surface area contributed by atoms with Gasteiger partial charge in [-0.1, -0.05) is 18.2 Å². The van der Waals surface area contributed by atoms with Crippen molar-refractivity contribution < 1.29 is 8.78 Å². The Kier molecular flexibility index (Phi) is 3.07. The molecule has 2 aromatic rings. The zero-order chi connectivity index (χ0) is 13.2. The van der Waals surface area contributed by atoms with Crippen molar-refractivity contribution in [2.45, 2.75) is 6.54 Å². The molecule has 0 radical (unpaired) electrons. The van der Waals surface area contributed by atoms with E-state index in [1.54, 1.807) is 0 Å². The average molecular weight is 260 g/mol. The molecule has 0 saturated carbocycles. The fraction of sp³-hybridized carbons (Fsp3) is 0.200. The Hall–Kier alpha value is -2.10. The van der Waals surface area contributed by atoms with E-state index in [-0.39, 0.29) is 12.1 Å². The third-order valence-corrected chi connectivity index (χ3v) is 3.35. The lowest BCUT2D eigenvalue weighted by molar-refractivity contribution is 0.550.